The molecule has 0 aliphatic carbocycles. The first-order valence-electron chi connectivity index (χ1n) is 7.35. The third kappa shape index (κ3) is 3.76. The van der Waals surface area contributed by atoms with Gasteiger partial charge in [-0.05, 0) is 35.9 Å². The summed E-state index contributed by atoms with van der Waals surface area (Å²) < 4.78 is 5.99. The van der Waals surface area contributed by atoms with Crippen molar-refractivity contribution in [2.24, 2.45) is 0 Å². The normalized spacial score (nSPS) is 10.7. The molecule has 0 unspecified atom stereocenters. The molecule has 122 valence electrons. The molecule has 0 saturated heterocycles. The minimum atomic E-state index is -0.619. The highest BCUT2D eigenvalue weighted by Crippen LogP contribution is 2.06. The van der Waals surface area contributed by atoms with E-state index in [1.54, 1.807) is 54.6 Å². The summed E-state index contributed by atoms with van der Waals surface area (Å²) in [6.07, 6.45) is 2.79. The molecule has 1 aromatic heterocycles. The first kappa shape index (κ1) is 16.1. The van der Waals surface area contributed by atoms with Crippen molar-refractivity contribution in [3.63, 3.8) is 0 Å². The molecular weight excluding hydrogens is 320 g/mol. The van der Waals surface area contributed by atoms with Crippen LogP contribution in [0.25, 0.3) is 17.0 Å². The van der Waals surface area contributed by atoms with Gasteiger partial charge in [0, 0.05) is 6.08 Å². The van der Waals surface area contributed by atoms with Gasteiger partial charge in [0.1, 0.15) is 5.52 Å². The number of hydrogen-bond acceptors (Lipinski definition) is 6. The van der Waals surface area contributed by atoms with E-state index in [0.29, 0.717) is 16.5 Å². The Bertz CT molecular complexity index is 1050. The highest BCUT2D eigenvalue weighted by molar-refractivity contribution is 5.87. The molecule has 3 aromatic rings. The maximum atomic E-state index is 12.2. The van der Waals surface area contributed by atoms with E-state index in [1.807, 2.05) is 6.07 Å². The van der Waals surface area contributed by atoms with E-state index in [1.165, 1.54) is 6.08 Å². The van der Waals surface area contributed by atoms with E-state index < -0.39 is 5.97 Å². The molecule has 0 radical (unpaired) electrons. The van der Waals surface area contributed by atoms with Crippen molar-refractivity contribution in [1.29, 1.82) is 5.26 Å². The quantitative estimate of drug-likeness (QED) is 0.534. The smallest absolute Gasteiger partial charge is 0.332 e. The number of carbonyl (C=O) groups is 1. The lowest BCUT2D eigenvalue weighted by atomic mass is 10.1. The van der Waals surface area contributed by atoms with Crippen molar-refractivity contribution in [1.82, 2.24) is 15.0 Å². The maximum absolute atomic E-state index is 12.2. The van der Waals surface area contributed by atoms with E-state index in [0.717, 1.165) is 10.2 Å². The molecule has 0 bridgehead atoms. The van der Waals surface area contributed by atoms with Gasteiger partial charge >= 0.3 is 5.97 Å². The fourth-order valence-corrected chi connectivity index (χ4v) is 2.11. The van der Waals surface area contributed by atoms with E-state index in [4.69, 9.17) is 10.00 Å². The van der Waals surface area contributed by atoms with Gasteiger partial charge in [0.25, 0.3) is 5.56 Å². The molecular formula is C18H12N4O3. The van der Waals surface area contributed by atoms with Crippen LogP contribution in [0.2, 0.25) is 0 Å². The number of fused-ring (bicyclic) bond motifs is 1. The first-order valence-corrected chi connectivity index (χ1v) is 7.35. The topological polar surface area (TPSA) is 97.9 Å². The monoisotopic (exact) mass is 332 g/mol. The average Bonchev–Trinajstić information content (AvgIpc) is 2.66. The summed E-state index contributed by atoms with van der Waals surface area (Å²) in [4.78, 5) is 24.0. The fraction of sp³-hybridized carbons (Fsp3) is 0.0556. The second-order valence-electron chi connectivity index (χ2n) is 5.07. The lowest BCUT2D eigenvalue weighted by Gasteiger charge is -2.04. The third-order valence-electron chi connectivity index (χ3n) is 3.41. The van der Waals surface area contributed by atoms with Gasteiger partial charge in [-0.25, -0.2) is 4.79 Å². The zero-order valence-corrected chi connectivity index (χ0v) is 13.0. The Morgan fingerprint density at radius 3 is 2.72 bits per heavy atom. The molecule has 7 nitrogen and oxygen atoms in total. The van der Waals surface area contributed by atoms with Crippen LogP contribution in [0, 0.1) is 11.3 Å². The Labute approximate surface area is 142 Å². The van der Waals surface area contributed by atoms with Crippen molar-refractivity contribution >= 4 is 22.9 Å². The van der Waals surface area contributed by atoms with Crippen molar-refractivity contribution in [3.8, 4) is 6.07 Å². The highest BCUT2D eigenvalue weighted by Gasteiger charge is 2.06. The number of benzene rings is 2. The molecule has 0 saturated carbocycles. The fourth-order valence-electron chi connectivity index (χ4n) is 2.11. The summed E-state index contributed by atoms with van der Waals surface area (Å²) in [6.45, 7) is -0.326. The Kier molecular flexibility index (Phi) is 4.62. The van der Waals surface area contributed by atoms with Crippen LogP contribution in [-0.2, 0) is 16.3 Å². The molecule has 7 heteroatoms. The van der Waals surface area contributed by atoms with Crippen molar-refractivity contribution in [2.75, 3.05) is 0 Å². The lowest BCUT2D eigenvalue weighted by Crippen LogP contribution is -2.26. The molecule has 0 atom stereocenters. The van der Waals surface area contributed by atoms with Gasteiger partial charge in [-0.3, -0.25) is 4.79 Å². The van der Waals surface area contributed by atoms with Crippen LogP contribution in [0.1, 0.15) is 11.1 Å². The van der Waals surface area contributed by atoms with Crippen LogP contribution >= 0.6 is 0 Å². The largest absolute Gasteiger partial charge is 0.439 e. The van der Waals surface area contributed by atoms with Gasteiger partial charge in [0.2, 0.25) is 0 Å². The van der Waals surface area contributed by atoms with Crippen LogP contribution in [0.15, 0.2) is 59.4 Å². The Morgan fingerprint density at radius 2 is 1.96 bits per heavy atom. The van der Waals surface area contributed by atoms with Crippen molar-refractivity contribution in [2.45, 2.75) is 6.73 Å². The first-order chi connectivity index (χ1) is 12.2. The molecule has 0 aliphatic rings. The van der Waals surface area contributed by atoms with Gasteiger partial charge in [-0.1, -0.05) is 29.5 Å². The molecule has 0 aliphatic heterocycles. The second-order valence-corrected chi connectivity index (χ2v) is 5.07. The Balaban J connectivity index is 1.66. The minimum Gasteiger partial charge on any atom is -0.439 e. The van der Waals surface area contributed by atoms with E-state index in [2.05, 4.69) is 10.3 Å². The number of esters is 1. The summed E-state index contributed by atoms with van der Waals surface area (Å²) >= 11 is 0. The van der Waals surface area contributed by atoms with Crippen LogP contribution in [-0.4, -0.2) is 21.0 Å². The van der Waals surface area contributed by atoms with Gasteiger partial charge in [0.15, 0.2) is 6.73 Å². The van der Waals surface area contributed by atoms with E-state index >= 15 is 0 Å². The summed E-state index contributed by atoms with van der Waals surface area (Å²) in [5.41, 5.74) is 1.39. The summed E-state index contributed by atoms with van der Waals surface area (Å²) in [5, 5.41) is 16.8. The zero-order chi connectivity index (χ0) is 17.6. The molecule has 0 N–H and O–H groups in total. The summed E-state index contributed by atoms with van der Waals surface area (Å²) in [6, 6.07) is 15.5. The Morgan fingerprint density at radius 1 is 1.20 bits per heavy atom. The number of ether oxygens (including phenoxy) is 1. The zero-order valence-electron chi connectivity index (χ0n) is 13.0. The molecule has 0 fully saturated rings. The SMILES string of the molecule is N#Cc1ccc(/C=C/C(=O)OCn2nnc3ccccc3c2=O)cc1. The van der Waals surface area contributed by atoms with Crippen LogP contribution < -0.4 is 5.56 Å². The molecule has 0 spiro atoms. The van der Waals surface area contributed by atoms with Crippen LogP contribution in [0.4, 0.5) is 0 Å². The van der Waals surface area contributed by atoms with Crippen molar-refractivity contribution < 1.29 is 9.53 Å². The molecule has 0 amide bonds. The van der Waals surface area contributed by atoms with Gasteiger partial charge in [-0.15, -0.1) is 5.10 Å². The number of aromatic nitrogens is 3. The Hall–Kier alpha value is -3.79. The number of nitriles is 1. The van der Waals surface area contributed by atoms with Crippen LogP contribution in [0.3, 0.4) is 0 Å². The van der Waals surface area contributed by atoms with Crippen LogP contribution in [0.5, 0.6) is 0 Å². The standard InChI is InChI=1S/C18H12N4O3/c19-11-14-7-5-13(6-8-14)9-10-17(23)25-12-22-18(24)15-3-1-2-4-16(15)20-21-22/h1-10H,12H2/b10-9+. The second kappa shape index (κ2) is 7.19. The number of hydrogen-bond donors (Lipinski definition) is 0. The summed E-state index contributed by atoms with van der Waals surface area (Å²) in [5.74, 6) is -0.619. The van der Waals surface area contributed by atoms with Gasteiger partial charge in [-0.2, -0.15) is 9.94 Å². The highest BCUT2D eigenvalue weighted by atomic mass is 16.5. The van der Waals surface area contributed by atoms with Crippen molar-refractivity contribution in [3.05, 3.63) is 76.1 Å². The minimum absolute atomic E-state index is 0.326. The van der Waals surface area contributed by atoms with E-state index in [9.17, 15) is 9.59 Å². The average molecular weight is 332 g/mol. The third-order valence-corrected chi connectivity index (χ3v) is 3.41. The molecule has 3 rings (SSSR count). The van der Waals surface area contributed by atoms with Gasteiger partial charge < -0.3 is 4.74 Å². The predicted molar refractivity (Wildman–Crippen MR) is 90.1 cm³/mol. The van der Waals surface area contributed by atoms with Gasteiger partial charge in [0.05, 0.1) is 17.0 Å². The maximum Gasteiger partial charge on any atom is 0.332 e. The number of rotatable bonds is 4. The number of nitrogens with zero attached hydrogens (tertiary/aromatic N) is 4. The lowest BCUT2D eigenvalue weighted by molar-refractivity contribution is -0.141. The molecule has 25 heavy (non-hydrogen) atoms. The summed E-state index contributed by atoms with van der Waals surface area (Å²) in [7, 11) is 0. The molecule has 1 heterocycles. The van der Waals surface area contributed by atoms with E-state index in [-0.39, 0.29) is 12.3 Å². The molecule has 2 aromatic carbocycles. The number of carbonyl (C=O) groups excluding carboxylic acids is 1. The predicted octanol–water partition coefficient (Wildman–Crippen LogP) is 1.88.